The van der Waals surface area contributed by atoms with Gasteiger partial charge >= 0.3 is 0 Å². The molecule has 0 aliphatic carbocycles. The van der Waals surface area contributed by atoms with Gasteiger partial charge in [0.05, 0.1) is 0 Å². The van der Waals surface area contributed by atoms with E-state index in [1.54, 1.807) is 0 Å². The van der Waals surface area contributed by atoms with E-state index in [0.29, 0.717) is 0 Å². The number of anilines is 1. The van der Waals surface area contributed by atoms with Crippen LogP contribution in [0.15, 0.2) is 24.3 Å². The Morgan fingerprint density at radius 2 is 1.85 bits per heavy atom. The van der Waals surface area contributed by atoms with E-state index in [1.807, 2.05) is 0 Å². The van der Waals surface area contributed by atoms with Gasteiger partial charge in [-0.15, -0.1) is 6.04 Å². The van der Waals surface area contributed by atoms with Crippen LogP contribution in [0.5, 0.6) is 0 Å². The molecule has 0 bridgehead atoms. The Morgan fingerprint density at radius 3 is 2.31 bits per heavy atom. The molecule has 2 heteroatoms. The molecule has 0 aliphatic heterocycles. The Labute approximate surface area is 106 Å². The van der Waals surface area contributed by atoms with E-state index in [-0.39, 0.29) is 38.8 Å². The van der Waals surface area contributed by atoms with Crippen LogP contribution in [0.25, 0.3) is 0 Å². The Kier molecular flexibility index (Phi) is 6.62. The first-order valence-electron chi connectivity index (χ1n) is 4.18. The van der Waals surface area contributed by atoms with Crippen LogP contribution in [0.3, 0.4) is 0 Å². The van der Waals surface area contributed by atoms with Gasteiger partial charge in [0, 0.05) is 38.4 Å². The van der Waals surface area contributed by atoms with E-state index in [2.05, 4.69) is 50.4 Å². The number of hydrogen-bond acceptors (Lipinski definition) is 1. The summed E-state index contributed by atoms with van der Waals surface area (Å²) in [5.74, 6) is 0. The molecule has 0 saturated carbocycles. The van der Waals surface area contributed by atoms with Gasteiger partial charge in [-0.05, 0) is 19.1 Å². The summed E-state index contributed by atoms with van der Waals surface area (Å²) in [6, 6.07) is 8.48. The number of aryl methyl sites for hydroxylation is 1. The van der Waals surface area contributed by atoms with Gasteiger partial charge in [-0.2, -0.15) is 6.42 Å². The molecular weight excluding hydrogens is 235 g/mol. The summed E-state index contributed by atoms with van der Waals surface area (Å²) < 4.78 is 0. The molecule has 13 heavy (non-hydrogen) atoms. The molecule has 1 unspecified atom stereocenters. The Morgan fingerprint density at radius 1 is 1.31 bits per heavy atom. The maximum Gasteiger partial charge on any atom is 0.0317 e. The molecule has 0 amide bonds. The molecule has 1 nitrogen and oxygen atoms in total. The minimum Gasteiger partial charge on any atom is -0.415 e. The number of hydrogen-bond donors (Lipinski definition) is 1. The molecule has 1 rings (SSSR count). The molecule has 0 fully saturated rings. The minimum absolute atomic E-state index is 0. The van der Waals surface area contributed by atoms with Gasteiger partial charge in [0.1, 0.15) is 0 Å². The van der Waals surface area contributed by atoms with Crippen molar-refractivity contribution in [2.24, 2.45) is 0 Å². The zero-order valence-corrected chi connectivity index (χ0v) is 10.9. The molecule has 0 heterocycles. The van der Waals surface area contributed by atoms with Crippen molar-refractivity contribution in [1.82, 2.24) is 0 Å². The van der Waals surface area contributed by atoms with E-state index in [4.69, 9.17) is 0 Å². The standard InChI is InChI=1S/C11H15N.Y/c1-4-10(3)12-11-7-5-9(2)6-8-11;/h5-8,10,12H,1,3-4H2,2H3;/q-2;. The van der Waals surface area contributed by atoms with Crippen molar-refractivity contribution in [3.8, 4) is 0 Å². The molecule has 1 aromatic carbocycles. The van der Waals surface area contributed by atoms with Gasteiger partial charge in [0.15, 0.2) is 0 Å². The predicted octanol–water partition coefficient (Wildman–Crippen LogP) is 2.83. The van der Waals surface area contributed by atoms with Crippen molar-refractivity contribution in [1.29, 1.82) is 0 Å². The zero-order chi connectivity index (χ0) is 8.97. The molecule has 0 aliphatic rings. The van der Waals surface area contributed by atoms with Crippen LogP contribution in [0, 0.1) is 20.8 Å². The maximum atomic E-state index is 3.90. The summed E-state index contributed by atoms with van der Waals surface area (Å²) in [5.41, 5.74) is 2.39. The van der Waals surface area contributed by atoms with Crippen molar-refractivity contribution in [3.05, 3.63) is 43.7 Å². The summed E-state index contributed by atoms with van der Waals surface area (Å²) in [7, 11) is 0. The number of nitrogens with one attached hydrogen (secondary N) is 1. The van der Waals surface area contributed by atoms with Gasteiger partial charge < -0.3 is 19.2 Å². The Balaban J connectivity index is 0.00000144. The van der Waals surface area contributed by atoms with Crippen molar-refractivity contribution in [2.75, 3.05) is 5.32 Å². The first kappa shape index (κ1) is 13.1. The minimum atomic E-state index is 0. The van der Waals surface area contributed by atoms with Crippen molar-refractivity contribution in [3.63, 3.8) is 0 Å². The topological polar surface area (TPSA) is 12.0 Å². The van der Waals surface area contributed by atoms with Gasteiger partial charge in [-0.3, -0.25) is 0 Å². The van der Waals surface area contributed by atoms with Gasteiger partial charge in [0.2, 0.25) is 0 Å². The average molecular weight is 250 g/mol. The summed E-state index contributed by atoms with van der Waals surface area (Å²) in [6.45, 7) is 9.75. The molecule has 69 valence electrons. The van der Waals surface area contributed by atoms with Crippen molar-refractivity contribution >= 4 is 5.69 Å². The van der Waals surface area contributed by atoms with E-state index >= 15 is 0 Å². The van der Waals surface area contributed by atoms with Crippen LogP contribution >= 0.6 is 0 Å². The monoisotopic (exact) mass is 250 g/mol. The third-order valence-electron chi connectivity index (χ3n) is 1.77. The van der Waals surface area contributed by atoms with E-state index in [0.717, 1.165) is 12.1 Å². The van der Waals surface area contributed by atoms with Crippen LogP contribution in [-0.4, -0.2) is 6.04 Å². The Hall–Kier alpha value is 0.124. The second kappa shape index (κ2) is 6.56. The number of rotatable bonds is 3. The summed E-state index contributed by atoms with van der Waals surface area (Å²) in [4.78, 5) is 0. The quantitative estimate of drug-likeness (QED) is 0.813. The summed E-state index contributed by atoms with van der Waals surface area (Å²) in [5, 5.41) is 3.25. The van der Waals surface area contributed by atoms with Crippen LogP contribution < -0.4 is 5.32 Å². The second-order valence-electron chi connectivity index (χ2n) is 3.00. The molecular formula is C11H15NY-2. The number of benzene rings is 1. The van der Waals surface area contributed by atoms with Crippen LogP contribution in [-0.2, 0) is 32.7 Å². The van der Waals surface area contributed by atoms with Gasteiger partial charge in [-0.25, -0.2) is 0 Å². The average Bonchev–Trinajstić information content (AvgIpc) is 2.09. The fourth-order valence-electron chi connectivity index (χ4n) is 0.958. The van der Waals surface area contributed by atoms with Crippen LogP contribution in [0.2, 0.25) is 0 Å². The first-order valence-corrected chi connectivity index (χ1v) is 4.18. The van der Waals surface area contributed by atoms with Crippen molar-refractivity contribution in [2.45, 2.75) is 19.4 Å². The van der Waals surface area contributed by atoms with Crippen LogP contribution in [0.4, 0.5) is 5.69 Å². The van der Waals surface area contributed by atoms with Crippen molar-refractivity contribution < 1.29 is 32.7 Å². The second-order valence-corrected chi connectivity index (χ2v) is 3.00. The molecule has 1 atom stereocenters. The van der Waals surface area contributed by atoms with Gasteiger partial charge in [-0.1, -0.05) is 17.7 Å². The summed E-state index contributed by atoms with van der Waals surface area (Å²) >= 11 is 0. The Bertz CT molecular complexity index is 230. The molecule has 0 spiro atoms. The largest absolute Gasteiger partial charge is 0.415 e. The smallest absolute Gasteiger partial charge is 0.0317 e. The molecule has 1 radical (unpaired) electrons. The predicted molar refractivity (Wildman–Crippen MR) is 53.9 cm³/mol. The van der Waals surface area contributed by atoms with E-state index < -0.39 is 0 Å². The first-order chi connectivity index (χ1) is 5.72. The molecule has 1 aromatic rings. The molecule has 0 saturated heterocycles. The third kappa shape index (κ3) is 4.78. The zero-order valence-electron chi connectivity index (χ0n) is 8.09. The molecule has 0 aromatic heterocycles. The van der Waals surface area contributed by atoms with Gasteiger partial charge in [0.25, 0.3) is 0 Å². The fraction of sp³-hybridized carbons (Fsp3) is 0.273. The van der Waals surface area contributed by atoms with Crippen LogP contribution in [0.1, 0.15) is 12.0 Å². The van der Waals surface area contributed by atoms with E-state index in [1.165, 1.54) is 5.56 Å². The van der Waals surface area contributed by atoms with E-state index in [9.17, 15) is 0 Å². The normalized spacial score (nSPS) is 11.6. The summed E-state index contributed by atoms with van der Waals surface area (Å²) in [6.07, 6.45) is 0.799. The SMILES string of the molecule is [CH2-]CC([CH2-])Nc1ccc(C)cc1.[Y]. The fourth-order valence-corrected chi connectivity index (χ4v) is 0.958. The third-order valence-corrected chi connectivity index (χ3v) is 1.77. The molecule has 1 N–H and O–H groups in total. The maximum absolute atomic E-state index is 3.90.